The Morgan fingerprint density at radius 3 is 2.38 bits per heavy atom. The number of amides is 2. The zero-order valence-electron chi connectivity index (χ0n) is 14.5. The molecule has 1 heterocycles. The van der Waals surface area contributed by atoms with Gasteiger partial charge in [0.05, 0.1) is 6.61 Å². The molecule has 0 bridgehead atoms. The number of rotatable bonds is 4. The van der Waals surface area contributed by atoms with Gasteiger partial charge in [0, 0.05) is 12.5 Å². The summed E-state index contributed by atoms with van der Waals surface area (Å²) < 4.78 is 5.28. The normalized spacial score (nSPS) is 17.9. The highest BCUT2D eigenvalue weighted by atomic mass is 16.7. The molecular formula is C18H26N2O4. The molecule has 2 amide bonds. The minimum Gasteiger partial charge on any atom is -0.435 e. The molecule has 2 N–H and O–H groups in total. The molecule has 6 heteroatoms. The number of primary amides is 1. The van der Waals surface area contributed by atoms with E-state index in [-0.39, 0.29) is 17.2 Å². The third-order valence-electron chi connectivity index (χ3n) is 4.13. The molecule has 1 aliphatic heterocycles. The molecule has 0 aliphatic carbocycles. The van der Waals surface area contributed by atoms with Crippen molar-refractivity contribution in [1.82, 2.24) is 5.06 Å². The van der Waals surface area contributed by atoms with Gasteiger partial charge in [-0.05, 0) is 23.8 Å². The molecule has 2 atom stereocenters. The first-order chi connectivity index (χ1) is 11.3. The number of carbonyl (C=O) groups excluding carboxylic acids is 2. The van der Waals surface area contributed by atoms with E-state index in [9.17, 15) is 9.59 Å². The second kappa shape index (κ2) is 7.66. The number of hydrogen-bond acceptors (Lipinski definition) is 4. The molecule has 6 nitrogen and oxygen atoms in total. The van der Waals surface area contributed by atoms with Crippen molar-refractivity contribution in [2.75, 3.05) is 13.2 Å². The fraction of sp³-hybridized carbons (Fsp3) is 0.556. The molecule has 1 fully saturated rings. The second-order valence-corrected chi connectivity index (χ2v) is 7.09. The lowest BCUT2D eigenvalue weighted by Gasteiger charge is -2.38. The molecule has 1 saturated heterocycles. The van der Waals surface area contributed by atoms with Crippen molar-refractivity contribution < 1.29 is 19.2 Å². The Morgan fingerprint density at radius 2 is 1.88 bits per heavy atom. The number of carbonyl (C=O) groups is 2. The van der Waals surface area contributed by atoms with Crippen molar-refractivity contribution in [3.63, 3.8) is 0 Å². The van der Waals surface area contributed by atoms with E-state index in [0.29, 0.717) is 13.2 Å². The molecule has 0 radical (unpaired) electrons. The topological polar surface area (TPSA) is 81.9 Å². The van der Waals surface area contributed by atoms with Gasteiger partial charge in [-0.3, -0.25) is 9.63 Å². The maximum absolute atomic E-state index is 13.0. The lowest BCUT2D eigenvalue weighted by atomic mass is 9.73. The third-order valence-corrected chi connectivity index (χ3v) is 4.13. The van der Waals surface area contributed by atoms with Gasteiger partial charge < -0.3 is 10.5 Å². The van der Waals surface area contributed by atoms with Crippen LogP contribution in [0, 0.1) is 5.41 Å². The Morgan fingerprint density at radius 1 is 1.21 bits per heavy atom. The Balaban J connectivity index is 2.38. The van der Waals surface area contributed by atoms with Gasteiger partial charge >= 0.3 is 6.09 Å². The lowest BCUT2D eigenvalue weighted by Crippen LogP contribution is -2.49. The Hall–Kier alpha value is -2.08. The highest BCUT2D eigenvalue weighted by molar-refractivity contribution is 5.84. The molecule has 0 saturated carbocycles. The second-order valence-electron chi connectivity index (χ2n) is 7.09. The zero-order chi connectivity index (χ0) is 17.7. The van der Waals surface area contributed by atoms with Crippen molar-refractivity contribution in [3.8, 4) is 0 Å². The predicted molar refractivity (Wildman–Crippen MR) is 90.0 cm³/mol. The smallest absolute Gasteiger partial charge is 0.405 e. The van der Waals surface area contributed by atoms with Crippen LogP contribution in [0.4, 0.5) is 4.79 Å². The molecule has 132 valence electrons. The summed E-state index contributed by atoms with van der Waals surface area (Å²) in [5.41, 5.74) is 5.84. The van der Waals surface area contributed by atoms with Gasteiger partial charge in [0.25, 0.3) is 5.91 Å². The summed E-state index contributed by atoms with van der Waals surface area (Å²) in [5.74, 6) is -0.707. The van der Waals surface area contributed by atoms with Crippen molar-refractivity contribution in [2.45, 2.75) is 45.6 Å². The quantitative estimate of drug-likeness (QED) is 0.918. The largest absolute Gasteiger partial charge is 0.435 e. The van der Waals surface area contributed by atoms with E-state index in [1.807, 2.05) is 51.1 Å². The van der Waals surface area contributed by atoms with E-state index < -0.39 is 12.2 Å². The summed E-state index contributed by atoms with van der Waals surface area (Å²) in [6.07, 6.45) is -0.217. The van der Waals surface area contributed by atoms with Crippen LogP contribution in [0.25, 0.3) is 0 Å². The summed E-state index contributed by atoms with van der Waals surface area (Å²) in [7, 11) is 0. The van der Waals surface area contributed by atoms with E-state index in [1.54, 1.807) is 0 Å². The number of hydroxylamine groups is 2. The zero-order valence-corrected chi connectivity index (χ0v) is 14.5. The fourth-order valence-corrected chi connectivity index (χ4v) is 3.09. The maximum Gasteiger partial charge on any atom is 0.405 e. The molecule has 2 rings (SSSR count). The Kier molecular flexibility index (Phi) is 5.83. The highest BCUT2D eigenvalue weighted by Crippen LogP contribution is 2.39. The Labute approximate surface area is 142 Å². The maximum atomic E-state index is 13.0. The van der Waals surface area contributed by atoms with Gasteiger partial charge in [-0.2, -0.15) is 0 Å². The SMILES string of the molecule is CC(C)(C)C(c1ccccc1)[C@H](OC(N)=O)C(=O)N1CCCCO1. The lowest BCUT2D eigenvalue weighted by molar-refractivity contribution is -0.206. The van der Waals surface area contributed by atoms with Crippen LogP contribution in [-0.4, -0.2) is 36.3 Å². The van der Waals surface area contributed by atoms with Crippen LogP contribution >= 0.6 is 0 Å². The van der Waals surface area contributed by atoms with E-state index in [1.165, 1.54) is 5.06 Å². The van der Waals surface area contributed by atoms with E-state index >= 15 is 0 Å². The first-order valence-corrected chi connectivity index (χ1v) is 8.26. The van der Waals surface area contributed by atoms with Crippen LogP contribution in [0.3, 0.4) is 0 Å². The van der Waals surface area contributed by atoms with Crippen molar-refractivity contribution in [3.05, 3.63) is 35.9 Å². The molecular weight excluding hydrogens is 308 g/mol. The van der Waals surface area contributed by atoms with Crippen LogP contribution in [0.2, 0.25) is 0 Å². The Bertz CT molecular complexity index is 562. The fourth-order valence-electron chi connectivity index (χ4n) is 3.09. The summed E-state index contributed by atoms with van der Waals surface area (Å²) >= 11 is 0. The van der Waals surface area contributed by atoms with E-state index in [4.69, 9.17) is 15.3 Å². The van der Waals surface area contributed by atoms with Crippen LogP contribution < -0.4 is 5.73 Å². The summed E-state index contributed by atoms with van der Waals surface area (Å²) in [6.45, 7) is 6.99. The summed E-state index contributed by atoms with van der Waals surface area (Å²) in [5, 5.41) is 1.30. The van der Waals surface area contributed by atoms with Gasteiger partial charge in [0.1, 0.15) is 0 Å². The van der Waals surface area contributed by atoms with E-state index in [2.05, 4.69) is 0 Å². The minimum atomic E-state index is -1.03. The van der Waals surface area contributed by atoms with Crippen molar-refractivity contribution in [1.29, 1.82) is 0 Å². The molecule has 0 spiro atoms. The third kappa shape index (κ3) is 4.47. The van der Waals surface area contributed by atoms with Crippen LogP contribution in [-0.2, 0) is 14.4 Å². The van der Waals surface area contributed by atoms with E-state index in [0.717, 1.165) is 18.4 Å². The monoisotopic (exact) mass is 334 g/mol. The molecule has 1 unspecified atom stereocenters. The number of benzene rings is 1. The van der Waals surface area contributed by atoms with Gasteiger partial charge in [-0.15, -0.1) is 0 Å². The van der Waals surface area contributed by atoms with Gasteiger partial charge in [0.15, 0.2) is 6.10 Å². The number of hydrogen-bond donors (Lipinski definition) is 1. The number of nitrogens with zero attached hydrogens (tertiary/aromatic N) is 1. The predicted octanol–water partition coefficient (Wildman–Crippen LogP) is 2.83. The molecule has 1 aliphatic rings. The van der Waals surface area contributed by atoms with Crippen molar-refractivity contribution >= 4 is 12.0 Å². The van der Waals surface area contributed by atoms with Gasteiger partial charge in [0.2, 0.25) is 0 Å². The van der Waals surface area contributed by atoms with Crippen LogP contribution in [0.5, 0.6) is 0 Å². The first-order valence-electron chi connectivity index (χ1n) is 8.26. The summed E-state index contributed by atoms with van der Waals surface area (Å²) in [6, 6.07) is 9.56. The summed E-state index contributed by atoms with van der Waals surface area (Å²) in [4.78, 5) is 29.9. The van der Waals surface area contributed by atoms with Gasteiger partial charge in [-0.25, -0.2) is 9.86 Å². The van der Waals surface area contributed by atoms with Crippen LogP contribution in [0.15, 0.2) is 30.3 Å². The number of ether oxygens (including phenoxy) is 1. The molecule has 24 heavy (non-hydrogen) atoms. The van der Waals surface area contributed by atoms with Gasteiger partial charge in [-0.1, -0.05) is 51.1 Å². The molecule has 1 aromatic carbocycles. The average molecular weight is 334 g/mol. The minimum absolute atomic E-state index is 0.326. The first kappa shape index (κ1) is 18.3. The molecule has 1 aromatic rings. The highest BCUT2D eigenvalue weighted by Gasteiger charge is 2.42. The van der Waals surface area contributed by atoms with Crippen molar-refractivity contribution in [2.24, 2.45) is 11.1 Å². The average Bonchev–Trinajstić information content (AvgIpc) is 2.54. The number of nitrogens with two attached hydrogens (primary N) is 1. The van der Waals surface area contributed by atoms with Crippen LogP contribution in [0.1, 0.15) is 45.1 Å². The molecule has 0 aromatic heterocycles. The standard InChI is InChI=1S/C18H26N2O4/c1-18(2,3)14(13-9-5-4-6-10-13)15(24-17(19)22)16(21)20-11-7-8-12-23-20/h4-6,9-10,14-15H,7-8,11-12H2,1-3H3,(H2,19,22)/t14?,15-/m0/s1.